The molecule has 0 saturated heterocycles. The molecule has 0 radical (unpaired) electrons. The maximum atomic E-state index is 8.26. The Hall–Kier alpha value is -4.99. The van der Waals surface area contributed by atoms with Crippen LogP contribution in [0.4, 0.5) is 11.5 Å². The summed E-state index contributed by atoms with van der Waals surface area (Å²) in [6, 6.07) is 40.0. The van der Waals surface area contributed by atoms with Crippen molar-refractivity contribution in [2.75, 3.05) is 4.90 Å². The van der Waals surface area contributed by atoms with Crippen molar-refractivity contribution in [2.24, 2.45) is 6.98 Å². The molecule has 3 heterocycles. The molecule has 0 spiro atoms. The van der Waals surface area contributed by atoms with Gasteiger partial charge in [0.2, 0.25) is 0 Å². The molecule has 56 heavy (non-hydrogen) atoms. The van der Waals surface area contributed by atoms with E-state index in [1.54, 1.807) is 0 Å². The fourth-order valence-corrected chi connectivity index (χ4v) is 8.37. The van der Waals surface area contributed by atoms with Gasteiger partial charge in [-0.1, -0.05) is 86.6 Å². The van der Waals surface area contributed by atoms with Crippen LogP contribution in [0.15, 0.2) is 121 Å². The number of imidazole rings is 1. The fraction of sp³-hybridized carbons (Fsp3) is 0.280. The molecule has 0 atom stereocenters. The van der Waals surface area contributed by atoms with Crippen molar-refractivity contribution in [3.05, 3.63) is 148 Å². The van der Waals surface area contributed by atoms with Gasteiger partial charge in [0.15, 0.2) is 0 Å². The van der Waals surface area contributed by atoms with Crippen molar-refractivity contribution in [1.29, 1.82) is 0 Å². The third-order valence-electron chi connectivity index (χ3n) is 10.9. The third-order valence-corrected chi connectivity index (χ3v) is 11.9. The molecule has 0 fully saturated rings. The molecule has 0 unspecified atom stereocenters. The van der Waals surface area contributed by atoms with E-state index in [2.05, 4.69) is 147 Å². The molecular formula is C50H52N4OPt. The van der Waals surface area contributed by atoms with Gasteiger partial charge in [-0.3, -0.25) is 0 Å². The second-order valence-electron chi connectivity index (χ2n) is 18.1. The van der Waals surface area contributed by atoms with E-state index in [-0.39, 0.29) is 16.2 Å². The Labute approximate surface area is 347 Å². The summed E-state index contributed by atoms with van der Waals surface area (Å²) < 4.78 is 35.4. The Balaban J connectivity index is 1.22. The van der Waals surface area contributed by atoms with Crippen LogP contribution in [0.5, 0.6) is 11.5 Å². The van der Waals surface area contributed by atoms with Gasteiger partial charge in [-0.15, -0.1) is 0 Å². The molecule has 0 amide bonds. The second-order valence-corrected chi connectivity index (χ2v) is 19.1. The predicted octanol–water partition coefficient (Wildman–Crippen LogP) is 13.1. The summed E-state index contributed by atoms with van der Waals surface area (Å²) in [5, 5.41) is 0. The monoisotopic (exact) mass is 922 g/mol. The molecule has 0 aliphatic carbocycles. The van der Waals surface area contributed by atoms with Crippen molar-refractivity contribution in [3.63, 3.8) is 0 Å². The Kier molecular flexibility index (Phi) is 8.50. The van der Waals surface area contributed by atoms with Crippen LogP contribution in [0.1, 0.15) is 88.7 Å². The van der Waals surface area contributed by atoms with Crippen LogP contribution in [-0.2, 0) is 49.1 Å². The van der Waals surface area contributed by atoms with Gasteiger partial charge in [0.25, 0.3) is 0 Å². The number of anilines is 2. The van der Waals surface area contributed by atoms with Crippen LogP contribution in [0.25, 0.3) is 39.0 Å². The molecule has 8 rings (SSSR count). The van der Waals surface area contributed by atoms with Crippen molar-refractivity contribution in [1.82, 2.24) is 14.1 Å². The van der Waals surface area contributed by atoms with Gasteiger partial charge in [-0.25, -0.2) is 0 Å². The summed E-state index contributed by atoms with van der Waals surface area (Å²) in [5.41, 5.74) is 13.1. The molecule has 0 N–H and O–H groups in total. The van der Waals surface area contributed by atoms with Crippen LogP contribution in [0.2, 0.25) is 0 Å². The van der Waals surface area contributed by atoms with Crippen LogP contribution >= 0.6 is 0 Å². The Morgan fingerprint density at radius 3 is 2.00 bits per heavy atom. The van der Waals surface area contributed by atoms with Crippen molar-refractivity contribution < 1.29 is 28.2 Å². The number of aryl methyl sites for hydroxylation is 1. The minimum atomic E-state index is -2.33. The van der Waals surface area contributed by atoms with Gasteiger partial charge in [-0.2, -0.15) is 0 Å². The fourth-order valence-electron chi connectivity index (χ4n) is 7.53. The van der Waals surface area contributed by atoms with Crippen LogP contribution in [0.3, 0.4) is 0 Å². The topological polar surface area (TPSA) is 35.2 Å². The quantitative estimate of drug-likeness (QED) is 0.173. The second kappa shape index (κ2) is 13.9. The van der Waals surface area contributed by atoms with Gasteiger partial charge in [0.05, 0.1) is 0 Å². The molecule has 0 saturated carbocycles. The van der Waals surface area contributed by atoms with E-state index < -0.39 is 6.98 Å². The molecule has 5 nitrogen and oxygen atoms in total. The normalized spacial score (nSPS) is 14.2. The summed E-state index contributed by atoms with van der Waals surface area (Å²) >= 11 is 2.10. The van der Waals surface area contributed by atoms with Gasteiger partial charge in [-0.05, 0) is 56.2 Å². The zero-order valence-electron chi connectivity index (χ0n) is 36.8. The molecule has 7 aromatic rings. The zero-order chi connectivity index (χ0) is 42.2. The molecule has 6 heteroatoms. The van der Waals surface area contributed by atoms with Gasteiger partial charge in [0.1, 0.15) is 0 Å². The maximum absolute atomic E-state index is 8.26. The number of hydrogen-bond acceptors (Lipinski definition) is 3. The van der Waals surface area contributed by atoms with Gasteiger partial charge < -0.3 is 0 Å². The van der Waals surface area contributed by atoms with E-state index in [1.807, 2.05) is 65.4 Å². The van der Waals surface area contributed by atoms with E-state index in [0.717, 1.165) is 28.3 Å². The average Bonchev–Trinajstić information content (AvgIpc) is 3.48. The summed E-state index contributed by atoms with van der Waals surface area (Å²) in [6.07, 6.45) is 1.92. The molecule has 288 valence electrons. The van der Waals surface area contributed by atoms with Gasteiger partial charge in [0, 0.05) is 6.20 Å². The van der Waals surface area contributed by atoms with Crippen LogP contribution < -0.4 is 9.64 Å². The van der Waals surface area contributed by atoms with Crippen LogP contribution in [0, 0.1) is 3.80 Å². The SMILES string of the molecule is [2H]C([2H])([2H])n1[c](=[Pt])n(-c2cccc(Oc3ccc4c(c3)N(c3cc(C(C)(C)C)ccn3)Cc3cc(-c5cc(C(C)(C)C)cc(C(C)(C)C)c5)ccc3-4)c2)c2ccccc21. The summed E-state index contributed by atoms with van der Waals surface area (Å²) in [5.74, 6) is 2.22. The molecule has 1 aliphatic heterocycles. The Morgan fingerprint density at radius 1 is 0.625 bits per heavy atom. The van der Waals surface area contributed by atoms with Gasteiger partial charge >= 0.3 is 200 Å². The van der Waals surface area contributed by atoms with Crippen LogP contribution in [-0.4, -0.2) is 14.1 Å². The number of pyridine rings is 1. The van der Waals surface area contributed by atoms with E-state index >= 15 is 0 Å². The molecule has 5 aromatic carbocycles. The van der Waals surface area contributed by atoms with E-state index in [0.29, 0.717) is 27.4 Å². The first-order chi connectivity index (χ1) is 27.7. The summed E-state index contributed by atoms with van der Waals surface area (Å²) in [7, 11) is 0. The Bertz CT molecular complexity index is 2780. The number of rotatable bonds is 5. The van der Waals surface area contributed by atoms with Crippen molar-refractivity contribution >= 4 is 22.5 Å². The number of nitrogens with zero attached hydrogens (tertiary/aromatic N) is 4. The summed E-state index contributed by atoms with van der Waals surface area (Å²) in [6.45, 7) is 18.7. The third kappa shape index (κ3) is 7.11. The Morgan fingerprint density at radius 2 is 1.30 bits per heavy atom. The van der Waals surface area contributed by atoms with Crippen molar-refractivity contribution in [3.8, 4) is 39.4 Å². The molecule has 0 bridgehead atoms. The number of para-hydroxylation sites is 2. The predicted molar refractivity (Wildman–Crippen MR) is 229 cm³/mol. The molecule has 2 aromatic heterocycles. The standard InChI is InChI=1S/C50H52N4O.Pt/c1-48(2,3)36-22-23-51-47(28-36)53-31-35-24-33(34-25-37(49(4,5)6)27-38(26-34)50(7,8)9)18-20-42(35)43-21-19-41(30-46(43)53)55-40-15-13-14-39(29-40)54-32-52(10)44-16-11-12-17-45(44)54;/h11-30H,31H2,1-10H3;/i10D3;. The summed E-state index contributed by atoms with van der Waals surface area (Å²) in [4.78, 5) is 7.27. The first-order valence-electron chi connectivity index (χ1n) is 20.8. The average molecular weight is 923 g/mol. The zero-order valence-corrected chi connectivity index (χ0v) is 36.0. The number of hydrogen-bond donors (Lipinski definition) is 0. The number of aromatic nitrogens is 3. The number of benzene rings is 5. The van der Waals surface area contributed by atoms with E-state index in [9.17, 15) is 0 Å². The molecular weight excluding hydrogens is 868 g/mol. The van der Waals surface area contributed by atoms with Crippen molar-refractivity contribution in [2.45, 2.75) is 85.1 Å². The van der Waals surface area contributed by atoms with E-state index in [1.165, 1.54) is 43.5 Å². The first kappa shape index (κ1) is 34.3. The van der Waals surface area contributed by atoms with E-state index in [4.69, 9.17) is 13.8 Å². The number of fused-ring (bicyclic) bond motifs is 4. The minimum absolute atomic E-state index is 0.0162. The number of ether oxygens (including phenoxy) is 1. The molecule has 1 aliphatic rings. The first-order valence-corrected chi connectivity index (χ1v) is 20.4.